The molecule has 1 aliphatic carbocycles. The average Bonchev–Trinajstić information content (AvgIpc) is 3.07. The highest BCUT2D eigenvalue weighted by Gasteiger charge is 2.28. The summed E-state index contributed by atoms with van der Waals surface area (Å²) in [4.78, 5) is 2.83. The molecule has 2 unspecified atom stereocenters. The van der Waals surface area contributed by atoms with Gasteiger partial charge in [-0.05, 0) is 48.8 Å². The van der Waals surface area contributed by atoms with E-state index in [4.69, 9.17) is 5.73 Å². The summed E-state index contributed by atoms with van der Waals surface area (Å²) in [7, 11) is 0. The first-order valence-electron chi connectivity index (χ1n) is 7.45. The van der Waals surface area contributed by atoms with Gasteiger partial charge in [0.1, 0.15) is 0 Å². The highest BCUT2D eigenvalue weighted by atomic mass is 32.1. The Morgan fingerprint density at radius 3 is 2.53 bits per heavy atom. The van der Waals surface area contributed by atoms with Gasteiger partial charge < -0.3 is 11.1 Å². The number of hydrogen-bond acceptors (Lipinski definition) is 3. The zero-order valence-corrected chi connectivity index (χ0v) is 13.5. The first kappa shape index (κ1) is 15.0. The van der Waals surface area contributed by atoms with Crippen LogP contribution in [0.2, 0.25) is 0 Å². The van der Waals surface area contributed by atoms with Crippen molar-refractivity contribution < 1.29 is 0 Å². The van der Waals surface area contributed by atoms with Gasteiger partial charge in [0.2, 0.25) is 0 Å². The number of nitrogens with one attached hydrogen (secondary N) is 1. The van der Waals surface area contributed by atoms with E-state index < -0.39 is 0 Å². The quantitative estimate of drug-likeness (QED) is 0.834. The molecule has 0 spiro atoms. The molecule has 0 bridgehead atoms. The summed E-state index contributed by atoms with van der Waals surface area (Å²) in [6, 6.07) is 4.83. The van der Waals surface area contributed by atoms with Crippen LogP contribution >= 0.6 is 11.3 Å². The van der Waals surface area contributed by atoms with E-state index in [9.17, 15) is 0 Å². The molecule has 0 saturated heterocycles. The molecular weight excluding hydrogens is 252 g/mol. The van der Waals surface area contributed by atoms with Gasteiger partial charge in [-0.1, -0.05) is 27.7 Å². The number of hydrogen-bond donors (Lipinski definition) is 2. The lowest BCUT2D eigenvalue weighted by Crippen LogP contribution is -2.31. The Balaban J connectivity index is 1.94. The summed E-state index contributed by atoms with van der Waals surface area (Å²) in [6.07, 6.45) is 2.84. The lowest BCUT2D eigenvalue weighted by Gasteiger charge is -2.19. The second-order valence-corrected chi connectivity index (χ2v) is 8.08. The van der Waals surface area contributed by atoms with Gasteiger partial charge in [-0.25, -0.2) is 0 Å². The maximum Gasteiger partial charge on any atom is 0.0539 e. The van der Waals surface area contributed by atoms with Gasteiger partial charge >= 0.3 is 0 Å². The van der Waals surface area contributed by atoms with Crippen molar-refractivity contribution in [3.05, 3.63) is 21.9 Å². The molecule has 1 aromatic rings. The Kier molecular flexibility index (Phi) is 4.70. The van der Waals surface area contributed by atoms with Crippen LogP contribution in [0.25, 0.3) is 0 Å². The van der Waals surface area contributed by atoms with E-state index >= 15 is 0 Å². The first-order chi connectivity index (χ1) is 8.91. The summed E-state index contributed by atoms with van der Waals surface area (Å²) < 4.78 is 0. The van der Waals surface area contributed by atoms with Crippen molar-refractivity contribution in [2.45, 2.75) is 52.0 Å². The third kappa shape index (κ3) is 4.04. The second-order valence-electron chi connectivity index (χ2n) is 6.96. The Bertz CT molecular complexity index is 401. The molecule has 2 atom stereocenters. The Labute approximate surface area is 121 Å². The summed E-state index contributed by atoms with van der Waals surface area (Å²) in [5.41, 5.74) is 6.18. The molecule has 1 aliphatic rings. The zero-order valence-electron chi connectivity index (χ0n) is 12.7. The molecule has 0 aliphatic heterocycles. The van der Waals surface area contributed by atoms with Crippen LogP contribution in [0, 0.1) is 11.8 Å². The zero-order chi connectivity index (χ0) is 14.0. The minimum Gasteiger partial charge on any atom is -0.329 e. The molecule has 2 nitrogen and oxygen atoms in total. The van der Waals surface area contributed by atoms with Gasteiger partial charge in [0.15, 0.2) is 0 Å². The highest BCUT2D eigenvalue weighted by molar-refractivity contribution is 7.12. The van der Waals surface area contributed by atoms with Gasteiger partial charge in [-0.2, -0.15) is 0 Å². The van der Waals surface area contributed by atoms with Crippen LogP contribution in [0.4, 0.5) is 0 Å². The smallest absolute Gasteiger partial charge is 0.0539 e. The van der Waals surface area contributed by atoms with Crippen LogP contribution in [0.5, 0.6) is 0 Å². The van der Waals surface area contributed by atoms with Gasteiger partial charge in [0, 0.05) is 16.3 Å². The molecule has 0 amide bonds. The minimum absolute atomic E-state index is 0.239. The Morgan fingerprint density at radius 1 is 1.37 bits per heavy atom. The molecule has 2 rings (SSSR count). The maximum atomic E-state index is 5.95. The number of rotatable bonds is 6. The van der Waals surface area contributed by atoms with Crippen molar-refractivity contribution in [3.63, 3.8) is 0 Å². The molecule has 0 radical (unpaired) electrons. The van der Waals surface area contributed by atoms with Gasteiger partial charge in [-0.3, -0.25) is 0 Å². The SMILES string of the molecule is CC(CNC(CN)c1ccc(C(C)(C)C)s1)C1CC1. The molecule has 3 N–H and O–H groups in total. The second kappa shape index (κ2) is 5.94. The lowest BCUT2D eigenvalue weighted by atomic mass is 9.95. The fourth-order valence-electron chi connectivity index (χ4n) is 2.40. The Morgan fingerprint density at radius 2 is 2.05 bits per heavy atom. The first-order valence-corrected chi connectivity index (χ1v) is 8.27. The fourth-order valence-corrected chi connectivity index (χ4v) is 3.56. The molecule has 1 fully saturated rings. The van der Waals surface area contributed by atoms with E-state index in [1.54, 1.807) is 0 Å². The van der Waals surface area contributed by atoms with Gasteiger partial charge in [-0.15, -0.1) is 11.3 Å². The van der Waals surface area contributed by atoms with Crippen molar-refractivity contribution in [1.29, 1.82) is 0 Å². The summed E-state index contributed by atoms with van der Waals surface area (Å²) in [5, 5.41) is 3.66. The normalized spacial score (nSPS) is 19.4. The molecular formula is C16H28N2S. The van der Waals surface area contributed by atoms with Crippen LogP contribution in [0.1, 0.15) is 56.3 Å². The van der Waals surface area contributed by atoms with E-state index in [0.29, 0.717) is 12.6 Å². The monoisotopic (exact) mass is 280 g/mol. The van der Waals surface area contributed by atoms with E-state index in [2.05, 4.69) is 45.1 Å². The van der Waals surface area contributed by atoms with Crippen LogP contribution in [0.15, 0.2) is 12.1 Å². The number of nitrogens with two attached hydrogens (primary N) is 1. The third-order valence-corrected chi connectivity index (χ3v) is 5.68. The molecule has 0 aromatic carbocycles. The van der Waals surface area contributed by atoms with Gasteiger partial charge in [0.05, 0.1) is 6.04 Å². The number of thiophene rings is 1. The topological polar surface area (TPSA) is 38.0 Å². The van der Waals surface area contributed by atoms with Crippen molar-refractivity contribution in [1.82, 2.24) is 5.32 Å². The summed E-state index contributed by atoms with van der Waals surface area (Å²) in [6.45, 7) is 10.9. The van der Waals surface area contributed by atoms with E-state index in [-0.39, 0.29) is 5.41 Å². The van der Waals surface area contributed by atoms with Crippen molar-refractivity contribution in [2.75, 3.05) is 13.1 Å². The minimum atomic E-state index is 0.239. The maximum absolute atomic E-state index is 5.95. The van der Waals surface area contributed by atoms with Crippen molar-refractivity contribution in [3.8, 4) is 0 Å². The molecule has 19 heavy (non-hydrogen) atoms. The van der Waals surface area contributed by atoms with E-state index in [1.165, 1.54) is 22.6 Å². The van der Waals surface area contributed by atoms with Crippen LogP contribution < -0.4 is 11.1 Å². The lowest BCUT2D eigenvalue weighted by molar-refractivity contribution is 0.425. The van der Waals surface area contributed by atoms with Gasteiger partial charge in [0.25, 0.3) is 0 Å². The summed E-state index contributed by atoms with van der Waals surface area (Å²) >= 11 is 1.91. The molecule has 108 valence electrons. The van der Waals surface area contributed by atoms with Crippen LogP contribution in [-0.2, 0) is 5.41 Å². The largest absolute Gasteiger partial charge is 0.329 e. The Hall–Kier alpha value is -0.380. The van der Waals surface area contributed by atoms with Crippen molar-refractivity contribution in [2.24, 2.45) is 17.6 Å². The average molecular weight is 280 g/mol. The standard InChI is InChI=1S/C16H28N2S/c1-11(12-5-6-12)10-18-13(9-17)14-7-8-15(19-14)16(2,3)4/h7-8,11-13,18H,5-6,9-10,17H2,1-4H3. The van der Waals surface area contributed by atoms with E-state index in [0.717, 1.165) is 18.4 Å². The van der Waals surface area contributed by atoms with Crippen molar-refractivity contribution >= 4 is 11.3 Å². The fraction of sp³-hybridized carbons (Fsp3) is 0.750. The molecule has 1 aromatic heterocycles. The molecule has 1 heterocycles. The summed E-state index contributed by atoms with van der Waals surface area (Å²) in [5.74, 6) is 1.75. The third-order valence-electron chi connectivity index (χ3n) is 4.06. The van der Waals surface area contributed by atoms with E-state index in [1.807, 2.05) is 11.3 Å². The molecule has 3 heteroatoms. The van der Waals surface area contributed by atoms with Crippen LogP contribution in [0.3, 0.4) is 0 Å². The van der Waals surface area contributed by atoms with Crippen LogP contribution in [-0.4, -0.2) is 13.1 Å². The molecule has 1 saturated carbocycles. The predicted octanol–water partition coefficient (Wildman–Crippen LogP) is 3.68. The highest BCUT2D eigenvalue weighted by Crippen LogP contribution is 2.37. The predicted molar refractivity (Wildman–Crippen MR) is 84.7 cm³/mol.